The van der Waals surface area contributed by atoms with E-state index in [-0.39, 0.29) is 0 Å². The van der Waals surface area contributed by atoms with Gasteiger partial charge in [0, 0.05) is 31.4 Å². The fourth-order valence-electron chi connectivity index (χ4n) is 3.20. The fraction of sp³-hybridized carbons (Fsp3) is 0.692. The van der Waals surface area contributed by atoms with Crippen LogP contribution in [0.4, 0.5) is 11.8 Å². The van der Waals surface area contributed by atoms with Crippen LogP contribution in [-0.4, -0.2) is 46.6 Å². The van der Waals surface area contributed by atoms with Gasteiger partial charge in [-0.05, 0) is 32.4 Å². The van der Waals surface area contributed by atoms with Crippen molar-refractivity contribution in [2.24, 2.45) is 0 Å². The van der Waals surface area contributed by atoms with Crippen LogP contribution >= 0.6 is 0 Å². The zero-order valence-electron chi connectivity index (χ0n) is 10.9. The monoisotopic (exact) mass is 247 g/mol. The molecule has 5 nitrogen and oxygen atoms in total. The van der Waals surface area contributed by atoms with E-state index in [2.05, 4.69) is 26.7 Å². The SMILES string of the molecule is CC1CN2CCCCC2CN1c1ccnc(N)n1. The van der Waals surface area contributed by atoms with E-state index < -0.39 is 0 Å². The summed E-state index contributed by atoms with van der Waals surface area (Å²) in [6.45, 7) is 5.73. The van der Waals surface area contributed by atoms with Crippen molar-refractivity contribution in [3.63, 3.8) is 0 Å². The van der Waals surface area contributed by atoms with Crippen molar-refractivity contribution in [2.45, 2.75) is 38.3 Å². The highest BCUT2D eigenvalue weighted by atomic mass is 15.3. The smallest absolute Gasteiger partial charge is 0.221 e. The third kappa shape index (κ3) is 2.14. The van der Waals surface area contributed by atoms with Gasteiger partial charge in [-0.2, -0.15) is 4.98 Å². The minimum absolute atomic E-state index is 0.366. The second-order valence-corrected chi connectivity index (χ2v) is 5.42. The predicted molar refractivity (Wildman–Crippen MR) is 72.5 cm³/mol. The van der Waals surface area contributed by atoms with Crippen molar-refractivity contribution < 1.29 is 0 Å². The lowest BCUT2D eigenvalue weighted by atomic mass is 9.97. The van der Waals surface area contributed by atoms with E-state index in [1.54, 1.807) is 6.20 Å². The molecule has 2 N–H and O–H groups in total. The first kappa shape index (κ1) is 11.7. The number of piperazine rings is 1. The highest BCUT2D eigenvalue weighted by Crippen LogP contribution is 2.26. The van der Waals surface area contributed by atoms with Crippen LogP contribution in [-0.2, 0) is 0 Å². The van der Waals surface area contributed by atoms with E-state index in [0.29, 0.717) is 18.0 Å². The van der Waals surface area contributed by atoms with Gasteiger partial charge in [0.2, 0.25) is 5.95 Å². The number of aromatic nitrogens is 2. The Morgan fingerprint density at radius 2 is 2.22 bits per heavy atom. The molecule has 5 heteroatoms. The molecule has 2 saturated heterocycles. The van der Waals surface area contributed by atoms with Crippen LogP contribution in [0.1, 0.15) is 26.2 Å². The topological polar surface area (TPSA) is 58.3 Å². The third-order valence-electron chi connectivity index (χ3n) is 4.14. The first-order valence-electron chi connectivity index (χ1n) is 6.83. The second kappa shape index (κ2) is 4.72. The molecule has 2 atom stereocenters. The standard InChI is InChI=1S/C13H21N5/c1-10-8-17-7-3-2-4-11(17)9-18(10)12-5-6-15-13(14)16-12/h5-6,10-11H,2-4,7-9H2,1H3,(H2,14,15,16). The highest BCUT2D eigenvalue weighted by molar-refractivity contribution is 5.43. The fourth-order valence-corrected chi connectivity index (χ4v) is 3.20. The van der Waals surface area contributed by atoms with Gasteiger partial charge in [0.05, 0.1) is 0 Å². The summed E-state index contributed by atoms with van der Waals surface area (Å²) in [4.78, 5) is 13.3. The Morgan fingerprint density at radius 1 is 1.33 bits per heavy atom. The van der Waals surface area contributed by atoms with Crippen molar-refractivity contribution in [1.82, 2.24) is 14.9 Å². The molecule has 0 spiro atoms. The second-order valence-electron chi connectivity index (χ2n) is 5.42. The third-order valence-corrected chi connectivity index (χ3v) is 4.14. The molecule has 2 aliphatic rings. The summed E-state index contributed by atoms with van der Waals surface area (Å²) in [6, 6.07) is 3.14. The van der Waals surface area contributed by atoms with E-state index in [9.17, 15) is 0 Å². The normalized spacial score (nSPS) is 29.1. The Balaban J connectivity index is 1.80. The Hall–Kier alpha value is -1.36. The minimum atomic E-state index is 0.366. The molecule has 0 amide bonds. The molecule has 0 aromatic carbocycles. The average molecular weight is 247 g/mol. The van der Waals surface area contributed by atoms with Crippen LogP contribution in [0.3, 0.4) is 0 Å². The maximum atomic E-state index is 5.68. The molecular weight excluding hydrogens is 226 g/mol. The molecule has 1 aromatic rings. The van der Waals surface area contributed by atoms with E-state index >= 15 is 0 Å². The number of fused-ring (bicyclic) bond motifs is 1. The Bertz CT molecular complexity index is 422. The molecule has 0 aliphatic carbocycles. The quantitative estimate of drug-likeness (QED) is 0.806. The summed E-state index contributed by atoms with van der Waals surface area (Å²) in [5.74, 6) is 1.34. The van der Waals surface area contributed by atoms with Crippen molar-refractivity contribution in [1.29, 1.82) is 0 Å². The lowest BCUT2D eigenvalue weighted by Gasteiger charge is -2.48. The van der Waals surface area contributed by atoms with Crippen LogP contribution in [0.15, 0.2) is 12.3 Å². The summed E-state index contributed by atoms with van der Waals surface area (Å²) in [5.41, 5.74) is 5.68. The number of nitrogen functional groups attached to an aromatic ring is 1. The van der Waals surface area contributed by atoms with E-state index in [0.717, 1.165) is 18.9 Å². The van der Waals surface area contributed by atoms with Crippen molar-refractivity contribution in [3.8, 4) is 0 Å². The van der Waals surface area contributed by atoms with Crippen molar-refractivity contribution in [3.05, 3.63) is 12.3 Å². The lowest BCUT2D eigenvalue weighted by molar-refractivity contribution is 0.115. The van der Waals surface area contributed by atoms with Gasteiger partial charge in [-0.15, -0.1) is 0 Å². The number of nitrogens with two attached hydrogens (primary N) is 1. The Labute approximate surface area is 108 Å². The summed E-state index contributed by atoms with van der Waals surface area (Å²) < 4.78 is 0. The molecule has 0 radical (unpaired) electrons. The molecular formula is C13H21N5. The van der Waals surface area contributed by atoms with E-state index in [1.807, 2.05) is 6.07 Å². The van der Waals surface area contributed by atoms with Gasteiger partial charge in [-0.1, -0.05) is 6.42 Å². The first-order valence-corrected chi connectivity index (χ1v) is 6.83. The maximum Gasteiger partial charge on any atom is 0.221 e. The summed E-state index contributed by atoms with van der Waals surface area (Å²) in [7, 11) is 0. The number of hydrogen-bond acceptors (Lipinski definition) is 5. The van der Waals surface area contributed by atoms with Crippen molar-refractivity contribution in [2.75, 3.05) is 30.3 Å². The van der Waals surface area contributed by atoms with Gasteiger partial charge in [0.1, 0.15) is 5.82 Å². The van der Waals surface area contributed by atoms with E-state index in [1.165, 1.54) is 25.8 Å². The zero-order valence-corrected chi connectivity index (χ0v) is 10.9. The van der Waals surface area contributed by atoms with Gasteiger partial charge in [-0.3, -0.25) is 4.90 Å². The number of hydrogen-bond donors (Lipinski definition) is 1. The molecule has 2 fully saturated rings. The molecule has 0 saturated carbocycles. The van der Waals surface area contributed by atoms with Crippen LogP contribution in [0.5, 0.6) is 0 Å². The molecule has 98 valence electrons. The molecule has 2 aliphatic heterocycles. The molecule has 1 aromatic heterocycles. The molecule has 18 heavy (non-hydrogen) atoms. The average Bonchev–Trinajstić information content (AvgIpc) is 2.38. The Kier molecular flexibility index (Phi) is 3.07. The van der Waals surface area contributed by atoms with Gasteiger partial charge < -0.3 is 10.6 Å². The molecule has 3 heterocycles. The summed E-state index contributed by atoms with van der Waals surface area (Å²) >= 11 is 0. The lowest BCUT2D eigenvalue weighted by Crippen LogP contribution is -2.59. The highest BCUT2D eigenvalue weighted by Gasteiger charge is 2.33. The largest absolute Gasteiger partial charge is 0.368 e. The predicted octanol–water partition coefficient (Wildman–Crippen LogP) is 1.12. The molecule has 0 bridgehead atoms. The first-order chi connectivity index (χ1) is 8.74. The van der Waals surface area contributed by atoms with Gasteiger partial charge in [0.15, 0.2) is 0 Å². The zero-order chi connectivity index (χ0) is 12.5. The number of rotatable bonds is 1. The van der Waals surface area contributed by atoms with Gasteiger partial charge in [-0.25, -0.2) is 4.98 Å². The molecule has 2 unspecified atom stereocenters. The Morgan fingerprint density at radius 3 is 3.06 bits per heavy atom. The van der Waals surface area contributed by atoms with Crippen LogP contribution in [0.2, 0.25) is 0 Å². The summed E-state index contributed by atoms with van der Waals surface area (Å²) in [6.07, 6.45) is 5.76. The van der Waals surface area contributed by atoms with Crippen LogP contribution in [0.25, 0.3) is 0 Å². The maximum absolute atomic E-state index is 5.68. The number of anilines is 2. The van der Waals surface area contributed by atoms with Crippen LogP contribution in [0, 0.1) is 0 Å². The minimum Gasteiger partial charge on any atom is -0.368 e. The number of piperidine rings is 1. The van der Waals surface area contributed by atoms with Crippen molar-refractivity contribution >= 4 is 11.8 Å². The van der Waals surface area contributed by atoms with Crippen LogP contribution < -0.4 is 10.6 Å². The van der Waals surface area contributed by atoms with Gasteiger partial charge in [0.25, 0.3) is 0 Å². The van der Waals surface area contributed by atoms with E-state index in [4.69, 9.17) is 5.73 Å². The van der Waals surface area contributed by atoms with Gasteiger partial charge >= 0.3 is 0 Å². The number of nitrogens with zero attached hydrogens (tertiary/aromatic N) is 4. The summed E-state index contributed by atoms with van der Waals surface area (Å²) in [5, 5.41) is 0. The molecule has 3 rings (SSSR count).